The van der Waals surface area contributed by atoms with Crippen molar-refractivity contribution < 1.29 is 24.2 Å². The number of aromatic hydroxyl groups is 1. The van der Waals surface area contributed by atoms with E-state index in [0.717, 1.165) is 0 Å². The maximum absolute atomic E-state index is 11.4. The minimum absolute atomic E-state index is 0.109. The number of hydrazone groups is 1. The predicted molar refractivity (Wildman–Crippen MR) is 75.3 cm³/mol. The summed E-state index contributed by atoms with van der Waals surface area (Å²) in [5.41, 5.74) is 2.39. The van der Waals surface area contributed by atoms with Crippen molar-refractivity contribution >= 4 is 18.0 Å². The van der Waals surface area contributed by atoms with Gasteiger partial charge in [0, 0.05) is 19.2 Å². The summed E-state index contributed by atoms with van der Waals surface area (Å²) in [6, 6.07) is 4.81. The standard InChI is InChI=1S/C13H17N3O5/c1-20-7-6-14-12(18)13(19)16-15-8-9-4-3-5-10(21-2)11(9)17/h3-5,8,17H,6-7H2,1-2H3,(H,14,18)(H,16,19)/b15-8-. The Hall–Kier alpha value is -2.61. The van der Waals surface area contributed by atoms with E-state index in [0.29, 0.717) is 12.2 Å². The number of carbonyl (C=O) groups excluding carboxylic acids is 2. The third-order valence-corrected chi connectivity index (χ3v) is 2.42. The molecule has 0 radical (unpaired) electrons. The first-order valence-corrected chi connectivity index (χ1v) is 6.06. The van der Waals surface area contributed by atoms with Crippen LogP contribution < -0.4 is 15.5 Å². The molecule has 3 N–H and O–H groups in total. The number of hydrogen-bond donors (Lipinski definition) is 3. The number of para-hydroxylation sites is 1. The summed E-state index contributed by atoms with van der Waals surface area (Å²) in [6.07, 6.45) is 1.21. The van der Waals surface area contributed by atoms with Crippen molar-refractivity contribution in [2.24, 2.45) is 5.10 Å². The Morgan fingerprint density at radius 1 is 1.33 bits per heavy atom. The van der Waals surface area contributed by atoms with Gasteiger partial charge in [0.15, 0.2) is 11.5 Å². The lowest BCUT2D eigenvalue weighted by Crippen LogP contribution is -2.39. The van der Waals surface area contributed by atoms with Crippen LogP contribution in [0.3, 0.4) is 0 Å². The fraction of sp³-hybridized carbons (Fsp3) is 0.308. The summed E-state index contributed by atoms with van der Waals surface area (Å²) in [6.45, 7) is 0.531. The molecule has 2 amide bonds. The second-order valence-corrected chi connectivity index (χ2v) is 3.85. The van der Waals surface area contributed by atoms with E-state index in [9.17, 15) is 14.7 Å². The largest absolute Gasteiger partial charge is 0.504 e. The number of nitrogens with zero attached hydrogens (tertiary/aromatic N) is 1. The van der Waals surface area contributed by atoms with E-state index in [1.54, 1.807) is 18.2 Å². The number of nitrogens with one attached hydrogen (secondary N) is 2. The van der Waals surface area contributed by atoms with E-state index in [2.05, 4.69) is 10.4 Å². The van der Waals surface area contributed by atoms with Crippen molar-refractivity contribution in [3.05, 3.63) is 23.8 Å². The number of phenols is 1. The van der Waals surface area contributed by atoms with Crippen LogP contribution in [-0.4, -0.2) is 50.5 Å². The molecule has 0 aliphatic carbocycles. The Kier molecular flexibility index (Phi) is 6.69. The molecule has 0 saturated heterocycles. The van der Waals surface area contributed by atoms with Crippen LogP contribution in [0.25, 0.3) is 0 Å². The SMILES string of the molecule is COCCNC(=O)C(=O)N/N=C\c1cccc(OC)c1O. The van der Waals surface area contributed by atoms with Gasteiger partial charge in [0.1, 0.15) is 0 Å². The number of methoxy groups -OCH3 is 2. The van der Waals surface area contributed by atoms with Crippen molar-refractivity contribution in [1.82, 2.24) is 10.7 Å². The maximum atomic E-state index is 11.4. The molecule has 0 aliphatic rings. The average Bonchev–Trinajstić information content (AvgIpc) is 2.49. The molecular formula is C13H17N3O5. The van der Waals surface area contributed by atoms with Crippen LogP contribution >= 0.6 is 0 Å². The van der Waals surface area contributed by atoms with Gasteiger partial charge in [-0.05, 0) is 12.1 Å². The minimum Gasteiger partial charge on any atom is -0.504 e. The van der Waals surface area contributed by atoms with Gasteiger partial charge in [-0.1, -0.05) is 6.07 Å². The lowest BCUT2D eigenvalue weighted by atomic mass is 10.2. The summed E-state index contributed by atoms with van der Waals surface area (Å²) in [5, 5.41) is 15.7. The second kappa shape index (κ2) is 8.54. The lowest BCUT2D eigenvalue weighted by Gasteiger charge is -2.05. The Morgan fingerprint density at radius 3 is 2.76 bits per heavy atom. The monoisotopic (exact) mass is 295 g/mol. The molecule has 0 saturated carbocycles. The van der Waals surface area contributed by atoms with Gasteiger partial charge >= 0.3 is 11.8 Å². The lowest BCUT2D eigenvalue weighted by molar-refractivity contribution is -0.139. The van der Waals surface area contributed by atoms with Crippen LogP contribution in [0.1, 0.15) is 5.56 Å². The highest BCUT2D eigenvalue weighted by molar-refractivity contribution is 6.35. The summed E-state index contributed by atoms with van der Waals surface area (Å²) < 4.78 is 9.66. The number of benzene rings is 1. The predicted octanol–water partition coefficient (Wildman–Crippen LogP) is -0.386. The topological polar surface area (TPSA) is 109 Å². The molecule has 21 heavy (non-hydrogen) atoms. The molecule has 1 rings (SSSR count). The first-order valence-electron chi connectivity index (χ1n) is 6.06. The molecule has 0 spiro atoms. The molecular weight excluding hydrogens is 278 g/mol. The maximum Gasteiger partial charge on any atom is 0.329 e. The molecule has 0 aliphatic heterocycles. The van der Waals surface area contributed by atoms with Crippen molar-refractivity contribution in [3.8, 4) is 11.5 Å². The molecule has 8 heteroatoms. The number of ether oxygens (including phenoxy) is 2. The summed E-state index contributed by atoms with van der Waals surface area (Å²) >= 11 is 0. The molecule has 1 aromatic carbocycles. The smallest absolute Gasteiger partial charge is 0.329 e. The van der Waals surface area contributed by atoms with Crippen molar-refractivity contribution in [1.29, 1.82) is 0 Å². The summed E-state index contributed by atoms with van der Waals surface area (Å²) in [5.74, 6) is -1.56. The Bertz CT molecular complexity index is 531. The zero-order chi connectivity index (χ0) is 15.7. The highest BCUT2D eigenvalue weighted by atomic mass is 16.5. The zero-order valence-electron chi connectivity index (χ0n) is 11.8. The van der Waals surface area contributed by atoms with Crippen molar-refractivity contribution in [2.45, 2.75) is 0 Å². The van der Waals surface area contributed by atoms with Crippen LogP contribution in [0.2, 0.25) is 0 Å². The van der Waals surface area contributed by atoms with Crippen molar-refractivity contribution in [3.63, 3.8) is 0 Å². The zero-order valence-corrected chi connectivity index (χ0v) is 11.8. The first-order chi connectivity index (χ1) is 10.1. The first kappa shape index (κ1) is 16.4. The Balaban J connectivity index is 2.54. The second-order valence-electron chi connectivity index (χ2n) is 3.85. The van der Waals surface area contributed by atoms with Gasteiger partial charge in [-0.25, -0.2) is 5.43 Å². The van der Waals surface area contributed by atoms with Gasteiger partial charge in [-0.3, -0.25) is 9.59 Å². The number of amides is 2. The van der Waals surface area contributed by atoms with E-state index in [-0.39, 0.29) is 18.0 Å². The van der Waals surface area contributed by atoms with E-state index < -0.39 is 11.8 Å². The summed E-state index contributed by atoms with van der Waals surface area (Å²) in [7, 11) is 2.90. The number of rotatable bonds is 6. The fourth-order valence-corrected chi connectivity index (χ4v) is 1.37. The molecule has 0 fully saturated rings. The Labute approximate surface area is 121 Å². The van der Waals surface area contributed by atoms with Gasteiger partial charge in [-0.2, -0.15) is 5.10 Å². The Morgan fingerprint density at radius 2 is 2.10 bits per heavy atom. The van der Waals surface area contributed by atoms with Crippen LogP contribution in [0.5, 0.6) is 11.5 Å². The van der Waals surface area contributed by atoms with Gasteiger partial charge in [0.25, 0.3) is 0 Å². The minimum atomic E-state index is -0.912. The molecule has 0 heterocycles. The third kappa shape index (κ3) is 5.11. The average molecular weight is 295 g/mol. The van der Waals surface area contributed by atoms with E-state index in [1.807, 2.05) is 5.43 Å². The molecule has 0 bridgehead atoms. The highest BCUT2D eigenvalue weighted by Crippen LogP contribution is 2.27. The van der Waals surface area contributed by atoms with Gasteiger partial charge in [-0.15, -0.1) is 0 Å². The normalized spacial score (nSPS) is 10.4. The highest BCUT2D eigenvalue weighted by Gasteiger charge is 2.11. The molecule has 0 unspecified atom stereocenters. The number of carbonyl (C=O) groups is 2. The number of hydrogen-bond acceptors (Lipinski definition) is 6. The number of phenolic OH excluding ortho intramolecular Hbond substituents is 1. The molecule has 0 atom stereocenters. The molecule has 8 nitrogen and oxygen atoms in total. The molecule has 0 aromatic heterocycles. The van der Waals surface area contributed by atoms with Crippen LogP contribution in [0.4, 0.5) is 0 Å². The van der Waals surface area contributed by atoms with E-state index >= 15 is 0 Å². The molecule has 1 aromatic rings. The van der Waals surface area contributed by atoms with Gasteiger partial charge < -0.3 is 19.9 Å². The van der Waals surface area contributed by atoms with E-state index in [1.165, 1.54) is 20.4 Å². The summed E-state index contributed by atoms with van der Waals surface area (Å²) in [4.78, 5) is 22.7. The van der Waals surface area contributed by atoms with Crippen LogP contribution in [0, 0.1) is 0 Å². The van der Waals surface area contributed by atoms with Gasteiger partial charge in [0.2, 0.25) is 0 Å². The van der Waals surface area contributed by atoms with Crippen LogP contribution in [-0.2, 0) is 14.3 Å². The van der Waals surface area contributed by atoms with Crippen LogP contribution in [0.15, 0.2) is 23.3 Å². The quantitative estimate of drug-likeness (QED) is 0.287. The third-order valence-electron chi connectivity index (χ3n) is 2.42. The molecule has 114 valence electrons. The fourth-order valence-electron chi connectivity index (χ4n) is 1.37. The van der Waals surface area contributed by atoms with Gasteiger partial charge in [0.05, 0.1) is 19.9 Å². The van der Waals surface area contributed by atoms with E-state index in [4.69, 9.17) is 9.47 Å². The van der Waals surface area contributed by atoms with Crippen molar-refractivity contribution in [2.75, 3.05) is 27.4 Å².